The minimum absolute atomic E-state index is 0.0919. The van der Waals surface area contributed by atoms with Crippen LogP contribution in [0.25, 0.3) is 0 Å². The molecule has 0 unspecified atom stereocenters. The van der Waals surface area contributed by atoms with E-state index in [2.05, 4.69) is 10.6 Å². The number of carbonyl (C=O) groups excluding carboxylic acids is 1. The molecule has 1 fully saturated rings. The highest BCUT2D eigenvalue weighted by molar-refractivity contribution is 5.89. The zero-order valence-electron chi connectivity index (χ0n) is 11.1. The number of amides is 2. The van der Waals surface area contributed by atoms with Gasteiger partial charge in [-0.3, -0.25) is 0 Å². The van der Waals surface area contributed by atoms with E-state index in [0.717, 1.165) is 37.3 Å². The van der Waals surface area contributed by atoms with Crippen LogP contribution in [0.15, 0.2) is 18.2 Å². The molecule has 1 aliphatic carbocycles. The van der Waals surface area contributed by atoms with E-state index in [0.29, 0.717) is 6.04 Å². The standard InChI is InChI=1S/C15H20N2O2/c18-15(16-12-4-2-1-3-5-12)17-13-6-7-14-11(10-13)8-9-19-14/h6-7,10,12H,1-5,8-9H2,(H2,16,17,18). The molecule has 2 aliphatic rings. The zero-order valence-corrected chi connectivity index (χ0v) is 11.1. The van der Waals surface area contributed by atoms with Crippen molar-refractivity contribution in [2.75, 3.05) is 11.9 Å². The van der Waals surface area contributed by atoms with Crippen molar-refractivity contribution in [3.63, 3.8) is 0 Å². The summed E-state index contributed by atoms with van der Waals surface area (Å²) in [6.07, 6.45) is 6.87. The number of hydrogen-bond acceptors (Lipinski definition) is 2. The number of urea groups is 1. The number of hydrogen-bond donors (Lipinski definition) is 2. The highest BCUT2D eigenvalue weighted by atomic mass is 16.5. The van der Waals surface area contributed by atoms with Crippen LogP contribution in [0.1, 0.15) is 37.7 Å². The minimum atomic E-state index is -0.0919. The summed E-state index contributed by atoms with van der Waals surface area (Å²) < 4.78 is 5.45. The molecule has 1 saturated carbocycles. The molecular weight excluding hydrogens is 240 g/mol. The van der Waals surface area contributed by atoms with Gasteiger partial charge in [0.2, 0.25) is 0 Å². The molecule has 2 amide bonds. The van der Waals surface area contributed by atoms with Crippen LogP contribution in [0.2, 0.25) is 0 Å². The zero-order chi connectivity index (χ0) is 13.1. The Morgan fingerprint density at radius 1 is 1.21 bits per heavy atom. The molecule has 0 atom stereocenters. The molecule has 4 nitrogen and oxygen atoms in total. The van der Waals surface area contributed by atoms with Gasteiger partial charge in [0.05, 0.1) is 6.61 Å². The van der Waals surface area contributed by atoms with Crippen molar-refractivity contribution >= 4 is 11.7 Å². The Bertz CT molecular complexity index is 467. The lowest BCUT2D eigenvalue weighted by atomic mass is 9.96. The molecule has 4 heteroatoms. The predicted octanol–water partition coefficient (Wildman–Crippen LogP) is 3.08. The second-order valence-electron chi connectivity index (χ2n) is 5.35. The summed E-state index contributed by atoms with van der Waals surface area (Å²) in [7, 11) is 0. The highest BCUT2D eigenvalue weighted by Crippen LogP contribution is 2.27. The van der Waals surface area contributed by atoms with Crippen molar-refractivity contribution in [3.8, 4) is 5.75 Å². The number of rotatable bonds is 2. The van der Waals surface area contributed by atoms with E-state index in [1.54, 1.807) is 0 Å². The van der Waals surface area contributed by atoms with E-state index in [9.17, 15) is 4.79 Å². The Kier molecular flexibility index (Phi) is 3.58. The molecule has 0 radical (unpaired) electrons. The van der Waals surface area contributed by atoms with Crippen LogP contribution in [-0.2, 0) is 6.42 Å². The van der Waals surface area contributed by atoms with Crippen LogP contribution in [0.5, 0.6) is 5.75 Å². The third-order valence-corrected chi connectivity index (χ3v) is 3.89. The van der Waals surface area contributed by atoms with Crippen molar-refractivity contribution in [2.45, 2.75) is 44.6 Å². The third-order valence-electron chi connectivity index (χ3n) is 3.89. The fourth-order valence-corrected chi connectivity index (χ4v) is 2.86. The lowest BCUT2D eigenvalue weighted by Gasteiger charge is -2.22. The molecule has 1 heterocycles. The average Bonchev–Trinajstić information content (AvgIpc) is 2.87. The summed E-state index contributed by atoms with van der Waals surface area (Å²) >= 11 is 0. The number of fused-ring (bicyclic) bond motifs is 1. The highest BCUT2D eigenvalue weighted by Gasteiger charge is 2.16. The molecule has 1 aliphatic heterocycles. The Hall–Kier alpha value is -1.71. The Morgan fingerprint density at radius 2 is 2.05 bits per heavy atom. The van der Waals surface area contributed by atoms with E-state index in [-0.39, 0.29) is 6.03 Å². The first-order valence-corrected chi connectivity index (χ1v) is 7.14. The fourth-order valence-electron chi connectivity index (χ4n) is 2.86. The van der Waals surface area contributed by atoms with Gasteiger partial charge >= 0.3 is 6.03 Å². The van der Waals surface area contributed by atoms with Gasteiger partial charge in [-0.1, -0.05) is 19.3 Å². The van der Waals surface area contributed by atoms with Gasteiger partial charge in [-0.15, -0.1) is 0 Å². The molecule has 1 aromatic rings. The topological polar surface area (TPSA) is 50.4 Å². The van der Waals surface area contributed by atoms with Crippen molar-refractivity contribution in [1.82, 2.24) is 5.32 Å². The van der Waals surface area contributed by atoms with Gasteiger partial charge in [-0.25, -0.2) is 4.79 Å². The van der Waals surface area contributed by atoms with E-state index >= 15 is 0 Å². The molecule has 0 saturated heterocycles. The largest absolute Gasteiger partial charge is 0.493 e. The Labute approximate surface area is 113 Å². The molecule has 19 heavy (non-hydrogen) atoms. The Morgan fingerprint density at radius 3 is 2.89 bits per heavy atom. The van der Waals surface area contributed by atoms with E-state index < -0.39 is 0 Å². The van der Waals surface area contributed by atoms with Gasteiger partial charge < -0.3 is 15.4 Å². The third kappa shape index (κ3) is 3.00. The fraction of sp³-hybridized carbons (Fsp3) is 0.533. The van der Waals surface area contributed by atoms with Gasteiger partial charge in [-0.05, 0) is 36.6 Å². The van der Waals surface area contributed by atoms with Crippen LogP contribution >= 0.6 is 0 Å². The van der Waals surface area contributed by atoms with E-state index in [1.165, 1.54) is 24.8 Å². The summed E-state index contributed by atoms with van der Waals surface area (Å²) in [5.41, 5.74) is 2.02. The quantitative estimate of drug-likeness (QED) is 0.858. The average molecular weight is 260 g/mol. The van der Waals surface area contributed by atoms with Crippen molar-refractivity contribution in [1.29, 1.82) is 0 Å². The smallest absolute Gasteiger partial charge is 0.319 e. The number of carbonyl (C=O) groups is 1. The van der Waals surface area contributed by atoms with E-state index in [1.807, 2.05) is 18.2 Å². The number of nitrogens with one attached hydrogen (secondary N) is 2. The predicted molar refractivity (Wildman–Crippen MR) is 74.7 cm³/mol. The van der Waals surface area contributed by atoms with Gasteiger partial charge in [0, 0.05) is 18.2 Å². The number of benzene rings is 1. The number of ether oxygens (including phenoxy) is 1. The molecule has 2 N–H and O–H groups in total. The summed E-state index contributed by atoms with van der Waals surface area (Å²) in [5.74, 6) is 0.943. The summed E-state index contributed by atoms with van der Waals surface area (Å²) in [6.45, 7) is 0.743. The van der Waals surface area contributed by atoms with Crippen molar-refractivity contribution in [2.24, 2.45) is 0 Å². The first-order chi connectivity index (χ1) is 9.31. The maximum Gasteiger partial charge on any atom is 0.319 e. The monoisotopic (exact) mass is 260 g/mol. The van der Waals surface area contributed by atoms with Gasteiger partial charge in [0.25, 0.3) is 0 Å². The normalized spacial score (nSPS) is 18.5. The number of anilines is 1. The lowest BCUT2D eigenvalue weighted by molar-refractivity contribution is 0.244. The van der Waals surface area contributed by atoms with Gasteiger partial charge in [0.1, 0.15) is 5.75 Å². The second kappa shape index (κ2) is 5.51. The molecule has 1 aromatic carbocycles. The lowest BCUT2D eigenvalue weighted by Crippen LogP contribution is -2.39. The molecular formula is C15H20N2O2. The van der Waals surface area contributed by atoms with Crippen molar-refractivity contribution in [3.05, 3.63) is 23.8 Å². The molecule has 0 aromatic heterocycles. The van der Waals surface area contributed by atoms with Crippen LogP contribution < -0.4 is 15.4 Å². The van der Waals surface area contributed by atoms with E-state index in [4.69, 9.17) is 4.74 Å². The second-order valence-corrected chi connectivity index (χ2v) is 5.35. The van der Waals surface area contributed by atoms with Crippen LogP contribution in [-0.4, -0.2) is 18.7 Å². The molecule has 102 valence electrons. The first kappa shape index (κ1) is 12.3. The first-order valence-electron chi connectivity index (χ1n) is 7.14. The van der Waals surface area contributed by atoms with Gasteiger partial charge in [-0.2, -0.15) is 0 Å². The summed E-state index contributed by atoms with van der Waals surface area (Å²) in [5, 5.41) is 5.97. The van der Waals surface area contributed by atoms with Crippen molar-refractivity contribution < 1.29 is 9.53 Å². The van der Waals surface area contributed by atoms with Crippen LogP contribution in [0.4, 0.5) is 10.5 Å². The van der Waals surface area contributed by atoms with Gasteiger partial charge in [0.15, 0.2) is 0 Å². The molecule has 0 bridgehead atoms. The maximum absolute atomic E-state index is 11.9. The summed E-state index contributed by atoms with van der Waals surface area (Å²) in [4.78, 5) is 11.9. The molecule has 0 spiro atoms. The SMILES string of the molecule is O=C(Nc1ccc2c(c1)CCO2)NC1CCCCC1. The van der Waals surface area contributed by atoms with Crippen LogP contribution in [0, 0.1) is 0 Å². The minimum Gasteiger partial charge on any atom is -0.493 e. The maximum atomic E-state index is 11.9. The molecule has 3 rings (SSSR count). The summed E-state index contributed by atoms with van der Waals surface area (Å²) in [6, 6.07) is 6.07. The Balaban J connectivity index is 1.56. The van der Waals surface area contributed by atoms with Crippen LogP contribution in [0.3, 0.4) is 0 Å².